The Morgan fingerprint density at radius 2 is 1.90 bits per heavy atom. The van der Waals surface area contributed by atoms with E-state index in [9.17, 15) is 9.59 Å². The molecule has 0 radical (unpaired) electrons. The van der Waals surface area contributed by atoms with Crippen LogP contribution in [-0.2, 0) is 14.3 Å². The fourth-order valence-corrected chi connectivity index (χ4v) is 2.83. The van der Waals surface area contributed by atoms with Crippen LogP contribution in [0.1, 0.15) is 52.9 Å². The first-order chi connectivity index (χ1) is 9.38. The zero-order valence-electron chi connectivity index (χ0n) is 12.8. The van der Waals surface area contributed by atoms with Crippen LogP contribution in [0.3, 0.4) is 0 Å². The highest BCUT2D eigenvalue weighted by atomic mass is 16.5. The zero-order valence-corrected chi connectivity index (χ0v) is 12.8. The van der Waals surface area contributed by atoms with Gasteiger partial charge in [0, 0.05) is 19.6 Å². The predicted octanol–water partition coefficient (Wildman–Crippen LogP) is 2.20. The standard InChI is InChI=1S/C15H27NO4/c1-4-12(11(2)3)9-13(17)16-15(10-14(18)19)5-7-20-8-6-15/h11-12H,4-10H2,1-3H3,(H,16,17)(H,18,19). The van der Waals surface area contributed by atoms with Crippen molar-refractivity contribution in [3.05, 3.63) is 0 Å². The molecule has 5 heteroatoms. The quantitative estimate of drug-likeness (QED) is 0.752. The summed E-state index contributed by atoms with van der Waals surface area (Å²) in [6, 6.07) is 0. The van der Waals surface area contributed by atoms with Crippen LogP contribution in [0.4, 0.5) is 0 Å². The summed E-state index contributed by atoms with van der Waals surface area (Å²) in [6.07, 6.45) is 2.55. The lowest BCUT2D eigenvalue weighted by Gasteiger charge is -2.37. The number of aliphatic carboxylic acids is 1. The van der Waals surface area contributed by atoms with Gasteiger partial charge in [-0.15, -0.1) is 0 Å². The Labute approximate surface area is 121 Å². The van der Waals surface area contributed by atoms with Crippen molar-refractivity contribution in [2.24, 2.45) is 11.8 Å². The molecule has 0 spiro atoms. The maximum atomic E-state index is 12.2. The van der Waals surface area contributed by atoms with E-state index in [-0.39, 0.29) is 12.3 Å². The minimum atomic E-state index is -0.872. The summed E-state index contributed by atoms with van der Waals surface area (Å²) in [5.74, 6) is -0.107. The van der Waals surface area contributed by atoms with E-state index < -0.39 is 11.5 Å². The molecule has 0 aromatic carbocycles. The van der Waals surface area contributed by atoms with Gasteiger partial charge >= 0.3 is 5.97 Å². The van der Waals surface area contributed by atoms with Crippen molar-refractivity contribution >= 4 is 11.9 Å². The Kier molecular flexibility index (Phi) is 6.46. The maximum absolute atomic E-state index is 12.2. The highest BCUT2D eigenvalue weighted by molar-refractivity contribution is 5.78. The summed E-state index contributed by atoms with van der Waals surface area (Å²) in [6.45, 7) is 7.33. The zero-order chi connectivity index (χ0) is 15.2. The van der Waals surface area contributed by atoms with E-state index >= 15 is 0 Å². The van der Waals surface area contributed by atoms with Crippen molar-refractivity contribution in [3.63, 3.8) is 0 Å². The van der Waals surface area contributed by atoms with E-state index in [1.165, 1.54) is 0 Å². The topological polar surface area (TPSA) is 75.6 Å². The fraction of sp³-hybridized carbons (Fsp3) is 0.867. The van der Waals surface area contributed by atoms with Crippen LogP contribution < -0.4 is 5.32 Å². The Hall–Kier alpha value is -1.10. The second-order valence-corrected chi connectivity index (χ2v) is 6.13. The summed E-state index contributed by atoms with van der Waals surface area (Å²) in [5.41, 5.74) is -0.629. The van der Waals surface area contributed by atoms with Gasteiger partial charge in [0.15, 0.2) is 0 Å². The normalized spacial score (nSPS) is 19.6. The largest absolute Gasteiger partial charge is 0.481 e. The van der Waals surface area contributed by atoms with Gasteiger partial charge < -0.3 is 15.2 Å². The number of carboxylic acid groups (broad SMARTS) is 1. The first kappa shape index (κ1) is 17.0. The molecule has 1 aliphatic heterocycles. The Morgan fingerprint density at radius 1 is 1.30 bits per heavy atom. The average Bonchev–Trinajstić information content (AvgIpc) is 2.35. The molecule has 0 bridgehead atoms. The second kappa shape index (κ2) is 7.62. The van der Waals surface area contributed by atoms with Crippen LogP contribution in [0.5, 0.6) is 0 Å². The Bertz CT molecular complexity index is 335. The number of carboxylic acids is 1. The van der Waals surface area contributed by atoms with Gasteiger partial charge in [-0.2, -0.15) is 0 Å². The molecule has 1 amide bonds. The van der Waals surface area contributed by atoms with Crippen molar-refractivity contribution in [2.75, 3.05) is 13.2 Å². The second-order valence-electron chi connectivity index (χ2n) is 6.13. The van der Waals surface area contributed by atoms with E-state index in [1.807, 2.05) is 0 Å². The van der Waals surface area contributed by atoms with Gasteiger partial charge in [0.05, 0.1) is 12.0 Å². The van der Waals surface area contributed by atoms with Gasteiger partial charge in [-0.05, 0) is 24.7 Å². The number of carbonyl (C=O) groups is 2. The number of hydrogen-bond donors (Lipinski definition) is 2. The molecule has 0 aromatic rings. The molecular formula is C15H27NO4. The number of hydrogen-bond acceptors (Lipinski definition) is 3. The monoisotopic (exact) mass is 285 g/mol. The molecule has 1 heterocycles. The molecule has 0 aliphatic carbocycles. The van der Waals surface area contributed by atoms with E-state index in [1.54, 1.807) is 0 Å². The van der Waals surface area contributed by atoms with Crippen molar-refractivity contribution < 1.29 is 19.4 Å². The van der Waals surface area contributed by atoms with E-state index in [2.05, 4.69) is 26.1 Å². The maximum Gasteiger partial charge on any atom is 0.305 e. The van der Waals surface area contributed by atoms with Crippen LogP contribution >= 0.6 is 0 Å². The van der Waals surface area contributed by atoms with Crippen LogP contribution in [0, 0.1) is 11.8 Å². The molecule has 1 saturated heterocycles. The molecule has 1 aliphatic rings. The summed E-state index contributed by atoms with van der Waals surface area (Å²) in [4.78, 5) is 23.3. The van der Waals surface area contributed by atoms with Crippen molar-refractivity contribution in [1.82, 2.24) is 5.32 Å². The number of rotatable bonds is 7. The Balaban J connectivity index is 2.64. The predicted molar refractivity (Wildman–Crippen MR) is 76.4 cm³/mol. The summed E-state index contributed by atoms with van der Waals surface area (Å²) < 4.78 is 5.28. The number of nitrogens with one attached hydrogen (secondary N) is 1. The van der Waals surface area contributed by atoms with Crippen LogP contribution in [0.25, 0.3) is 0 Å². The van der Waals surface area contributed by atoms with Crippen LogP contribution in [0.2, 0.25) is 0 Å². The fourth-order valence-electron chi connectivity index (χ4n) is 2.83. The lowest BCUT2D eigenvalue weighted by molar-refractivity contribution is -0.140. The molecule has 5 nitrogen and oxygen atoms in total. The first-order valence-corrected chi connectivity index (χ1v) is 7.49. The highest BCUT2D eigenvalue weighted by Gasteiger charge is 2.36. The molecular weight excluding hydrogens is 258 g/mol. The molecule has 20 heavy (non-hydrogen) atoms. The molecule has 1 fully saturated rings. The van der Waals surface area contributed by atoms with Gasteiger partial charge in [-0.25, -0.2) is 0 Å². The van der Waals surface area contributed by atoms with Gasteiger partial charge in [0.25, 0.3) is 0 Å². The number of carbonyl (C=O) groups excluding carboxylic acids is 1. The average molecular weight is 285 g/mol. The van der Waals surface area contributed by atoms with Crippen molar-refractivity contribution in [1.29, 1.82) is 0 Å². The van der Waals surface area contributed by atoms with Crippen LogP contribution in [0.15, 0.2) is 0 Å². The third kappa shape index (κ3) is 5.12. The lowest BCUT2D eigenvalue weighted by Crippen LogP contribution is -2.53. The van der Waals surface area contributed by atoms with E-state index in [0.717, 1.165) is 6.42 Å². The summed E-state index contributed by atoms with van der Waals surface area (Å²) in [7, 11) is 0. The van der Waals surface area contributed by atoms with Crippen molar-refractivity contribution in [3.8, 4) is 0 Å². The molecule has 0 aromatic heterocycles. The van der Waals surface area contributed by atoms with Gasteiger partial charge in [-0.3, -0.25) is 9.59 Å². The molecule has 1 atom stereocenters. The minimum absolute atomic E-state index is 0.0272. The van der Waals surface area contributed by atoms with Gasteiger partial charge in [0.2, 0.25) is 5.91 Å². The summed E-state index contributed by atoms with van der Waals surface area (Å²) >= 11 is 0. The molecule has 1 unspecified atom stereocenters. The number of ether oxygens (including phenoxy) is 1. The first-order valence-electron chi connectivity index (χ1n) is 7.49. The Morgan fingerprint density at radius 3 is 2.35 bits per heavy atom. The number of amides is 1. The lowest BCUT2D eigenvalue weighted by atomic mass is 9.85. The summed E-state index contributed by atoms with van der Waals surface area (Å²) in [5, 5.41) is 12.1. The smallest absolute Gasteiger partial charge is 0.305 e. The minimum Gasteiger partial charge on any atom is -0.481 e. The SMILES string of the molecule is CCC(CC(=O)NC1(CC(=O)O)CCOCC1)C(C)C. The van der Waals surface area contributed by atoms with Gasteiger partial charge in [0.1, 0.15) is 0 Å². The molecule has 0 saturated carbocycles. The molecule has 1 rings (SSSR count). The highest BCUT2D eigenvalue weighted by Crippen LogP contribution is 2.26. The molecule has 2 N–H and O–H groups in total. The third-order valence-corrected chi connectivity index (χ3v) is 4.26. The molecule has 116 valence electrons. The van der Waals surface area contributed by atoms with Gasteiger partial charge in [-0.1, -0.05) is 27.2 Å². The third-order valence-electron chi connectivity index (χ3n) is 4.26. The van der Waals surface area contributed by atoms with Crippen LogP contribution in [-0.4, -0.2) is 35.7 Å². The van der Waals surface area contributed by atoms with E-state index in [0.29, 0.717) is 44.3 Å². The van der Waals surface area contributed by atoms with E-state index in [4.69, 9.17) is 9.84 Å². The van der Waals surface area contributed by atoms with Crippen molar-refractivity contribution in [2.45, 2.75) is 58.4 Å².